The van der Waals surface area contributed by atoms with Crippen LogP contribution in [0.4, 0.5) is 0 Å². The number of nitrogens with zero attached hydrogens (tertiary/aromatic N) is 2. The van der Waals surface area contributed by atoms with Crippen LogP contribution < -0.4 is 0 Å². The third kappa shape index (κ3) is 3.15. The Kier molecular flexibility index (Phi) is 4.77. The zero-order valence-corrected chi connectivity index (χ0v) is 17.1. The number of likely N-dealkylation sites (tertiary alicyclic amines) is 1. The first-order valence-electron chi connectivity index (χ1n) is 10.1. The van der Waals surface area contributed by atoms with Gasteiger partial charge in [0.15, 0.2) is 5.78 Å². The molecule has 5 nitrogen and oxygen atoms in total. The molecule has 0 N–H and O–H groups in total. The highest BCUT2D eigenvalue weighted by Gasteiger charge is 2.55. The number of aryl methyl sites for hydroxylation is 1. The first kappa shape index (κ1) is 19.4. The van der Waals surface area contributed by atoms with E-state index in [2.05, 4.69) is 0 Å². The number of amides is 2. The van der Waals surface area contributed by atoms with E-state index in [4.69, 9.17) is 0 Å². The smallest absolute Gasteiger partial charge is 0.254 e. The van der Waals surface area contributed by atoms with Crippen molar-refractivity contribution in [3.63, 3.8) is 0 Å². The topological polar surface area (TPSA) is 57.7 Å². The second-order valence-electron chi connectivity index (χ2n) is 8.34. The molecular weight excluding hydrogens is 364 g/mol. The fourth-order valence-electron chi connectivity index (χ4n) is 4.78. The summed E-state index contributed by atoms with van der Waals surface area (Å²) in [5.74, 6) is -0.180. The molecule has 2 aromatic carbocycles. The van der Waals surface area contributed by atoms with Gasteiger partial charge in [-0.05, 0) is 32.4 Å². The molecule has 2 aliphatic rings. The molecule has 0 aliphatic carbocycles. The minimum Gasteiger partial charge on any atom is -0.339 e. The summed E-state index contributed by atoms with van der Waals surface area (Å²) < 4.78 is 0. The normalized spacial score (nSPS) is 23.6. The summed E-state index contributed by atoms with van der Waals surface area (Å²) in [7, 11) is 0. The van der Waals surface area contributed by atoms with Gasteiger partial charge in [0.1, 0.15) is 0 Å². The third-order valence-corrected chi connectivity index (χ3v) is 6.34. The summed E-state index contributed by atoms with van der Waals surface area (Å²) in [6.45, 7) is 7.05. The van der Waals surface area contributed by atoms with Gasteiger partial charge in [-0.3, -0.25) is 14.4 Å². The van der Waals surface area contributed by atoms with Crippen molar-refractivity contribution < 1.29 is 14.4 Å². The van der Waals surface area contributed by atoms with E-state index in [-0.39, 0.29) is 23.6 Å². The van der Waals surface area contributed by atoms with Crippen LogP contribution in [0.3, 0.4) is 0 Å². The lowest BCUT2D eigenvalue weighted by Gasteiger charge is -2.34. The number of carbonyl (C=O) groups is 3. The van der Waals surface area contributed by atoms with E-state index in [1.54, 1.807) is 34.1 Å². The monoisotopic (exact) mass is 390 g/mol. The van der Waals surface area contributed by atoms with Gasteiger partial charge in [-0.1, -0.05) is 48.0 Å². The largest absolute Gasteiger partial charge is 0.339 e. The van der Waals surface area contributed by atoms with Crippen molar-refractivity contribution in [1.82, 2.24) is 9.80 Å². The lowest BCUT2D eigenvalue weighted by molar-refractivity contribution is -0.129. The fourth-order valence-corrected chi connectivity index (χ4v) is 4.78. The van der Waals surface area contributed by atoms with Crippen molar-refractivity contribution in [1.29, 1.82) is 0 Å². The van der Waals surface area contributed by atoms with E-state index in [1.165, 1.54) is 0 Å². The predicted octanol–water partition coefficient (Wildman–Crippen LogP) is 3.11. The Morgan fingerprint density at radius 2 is 1.83 bits per heavy atom. The molecule has 5 heteroatoms. The maximum Gasteiger partial charge on any atom is 0.254 e. The molecule has 0 unspecified atom stereocenters. The number of fused-ring (bicyclic) bond motifs is 2. The fraction of sp³-hybridized carbons (Fsp3) is 0.375. The van der Waals surface area contributed by atoms with Crippen LogP contribution in [0, 0.1) is 12.3 Å². The number of Topliss-reactive ketones (excluding diaryl/α,β-unsaturated/α-hetero) is 1. The van der Waals surface area contributed by atoms with Crippen molar-refractivity contribution in [2.75, 3.05) is 19.6 Å². The number of ketones is 1. The van der Waals surface area contributed by atoms with Gasteiger partial charge in [-0.2, -0.15) is 0 Å². The molecule has 2 amide bonds. The number of rotatable bonds is 3. The number of hydrogen-bond acceptors (Lipinski definition) is 3. The average Bonchev–Trinajstić information content (AvgIpc) is 3.04. The maximum atomic E-state index is 13.5. The Labute approximate surface area is 171 Å². The van der Waals surface area contributed by atoms with Crippen LogP contribution in [0.2, 0.25) is 0 Å². The lowest BCUT2D eigenvalue weighted by Crippen LogP contribution is -2.49. The van der Waals surface area contributed by atoms with Gasteiger partial charge in [-0.15, -0.1) is 0 Å². The molecular formula is C24H26N2O3. The van der Waals surface area contributed by atoms with Gasteiger partial charge >= 0.3 is 0 Å². The Hall–Kier alpha value is -2.95. The van der Waals surface area contributed by atoms with E-state index in [1.807, 2.05) is 45.0 Å². The van der Waals surface area contributed by atoms with E-state index in [0.717, 1.165) is 11.1 Å². The number of likely N-dealkylation sites (N-methyl/N-ethyl adjacent to an activating group) is 1. The van der Waals surface area contributed by atoms with Crippen molar-refractivity contribution in [3.8, 4) is 0 Å². The lowest BCUT2D eigenvalue weighted by atomic mass is 9.78. The molecule has 0 bridgehead atoms. The summed E-state index contributed by atoms with van der Waals surface area (Å²) in [6, 6.07) is 14.6. The van der Waals surface area contributed by atoms with Crippen molar-refractivity contribution >= 4 is 17.6 Å². The van der Waals surface area contributed by atoms with Crippen LogP contribution in [0.1, 0.15) is 45.7 Å². The Morgan fingerprint density at radius 1 is 1.10 bits per heavy atom. The predicted molar refractivity (Wildman–Crippen MR) is 111 cm³/mol. The minimum atomic E-state index is -0.805. The van der Waals surface area contributed by atoms with Crippen LogP contribution in [-0.4, -0.2) is 53.1 Å². The molecule has 4 rings (SSSR count). The average molecular weight is 390 g/mol. The summed E-state index contributed by atoms with van der Waals surface area (Å²) >= 11 is 0. The maximum absolute atomic E-state index is 13.5. The van der Waals surface area contributed by atoms with Crippen LogP contribution >= 0.6 is 0 Å². The van der Waals surface area contributed by atoms with Crippen LogP contribution in [0.5, 0.6) is 0 Å². The second kappa shape index (κ2) is 7.14. The van der Waals surface area contributed by atoms with Gasteiger partial charge in [0.05, 0.1) is 23.4 Å². The zero-order chi connectivity index (χ0) is 20.8. The minimum absolute atomic E-state index is 0.00511. The third-order valence-electron chi connectivity index (χ3n) is 6.34. The Morgan fingerprint density at radius 3 is 2.52 bits per heavy atom. The molecule has 2 heterocycles. The number of carbonyl (C=O) groups excluding carboxylic acids is 3. The SMILES string of the molecule is CCN1C(=O)c2ccccc2C(=O)[C@@]2(C)CN(C(=O)Cc3cccc(C)c3)C[C@@H]12. The molecule has 0 aromatic heterocycles. The zero-order valence-electron chi connectivity index (χ0n) is 17.1. The van der Waals surface area contributed by atoms with Crippen molar-refractivity contribution in [3.05, 3.63) is 70.8 Å². The van der Waals surface area contributed by atoms with E-state index < -0.39 is 5.41 Å². The summed E-state index contributed by atoms with van der Waals surface area (Å²) in [5, 5.41) is 0. The Bertz CT molecular complexity index is 999. The summed E-state index contributed by atoms with van der Waals surface area (Å²) in [4.78, 5) is 43.2. The molecule has 2 aliphatic heterocycles. The summed E-state index contributed by atoms with van der Waals surface area (Å²) in [5.41, 5.74) is 2.21. The highest BCUT2D eigenvalue weighted by atomic mass is 16.2. The first-order chi connectivity index (χ1) is 13.8. The molecule has 150 valence electrons. The Balaban J connectivity index is 1.66. The van der Waals surface area contributed by atoms with Gasteiger partial charge in [0.2, 0.25) is 5.91 Å². The van der Waals surface area contributed by atoms with Gasteiger partial charge in [0.25, 0.3) is 5.91 Å². The van der Waals surface area contributed by atoms with Crippen LogP contribution in [-0.2, 0) is 11.2 Å². The van der Waals surface area contributed by atoms with Gasteiger partial charge < -0.3 is 9.80 Å². The molecule has 0 radical (unpaired) electrons. The molecule has 0 saturated carbocycles. The highest BCUT2D eigenvalue weighted by molar-refractivity contribution is 6.12. The van der Waals surface area contributed by atoms with Crippen LogP contribution in [0.15, 0.2) is 48.5 Å². The second-order valence-corrected chi connectivity index (χ2v) is 8.34. The molecule has 29 heavy (non-hydrogen) atoms. The highest BCUT2D eigenvalue weighted by Crippen LogP contribution is 2.41. The molecule has 2 aromatic rings. The van der Waals surface area contributed by atoms with E-state index in [0.29, 0.717) is 37.2 Å². The quantitative estimate of drug-likeness (QED) is 0.809. The van der Waals surface area contributed by atoms with Gasteiger partial charge in [-0.25, -0.2) is 0 Å². The molecule has 1 fully saturated rings. The standard InChI is InChI=1S/C24H26N2O3/c1-4-26-20-14-25(21(27)13-17-9-7-8-16(2)12-17)15-24(20,3)22(28)18-10-5-6-11-19(18)23(26)29/h5-12,20H,4,13-15H2,1-3H3/t20-,24+/m1/s1. The van der Waals surface area contributed by atoms with Gasteiger partial charge in [0, 0.05) is 25.2 Å². The van der Waals surface area contributed by atoms with E-state index in [9.17, 15) is 14.4 Å². The van der Waals surface area contributed by atoms with Crippen LogP contribution in [0.25, 0.3) is 0 Å². The summed E-state index contributed by atoms with van der Waals surface area (Å²) in [6.07, 6.45) is 0.301. The number of hydrogen-bond donors (Lipinski definition) is 0. The molecule has 1 saturated heterocycles. The number of benzene rings is 2. The molecule has 0 spiro atoms. The van der Waals surface area contributed by atoms with Crippen molar-refractivity contribution in [2.24, 2.45) is 5.41 Å². The first-order valence-corrected chi connectivity index (χ1v) is 10.1. The molecule has 2 atom stereocenters. The van der Waals surface area contributed by atoms with Crippen molar-refractivity contribution in [2.45, 2.75) is 33.2 Å². The van der Waals surface area contributed by atoms with E-state index >= 15 is 0 Å².